The van der Waals surface area contributed by atoms with Crippen molar-refractivity contribution in [2.75, 3.05) is 58.5 Å². The van der Waals surface area contributed by atoms with Crippen molar-refractivity contribution in [3.05, 3.63) is 84.4 Å². The first-order valence-electron chi connectivity index (χ1n) is 12.4. The van der Waals surface area contributed by atoms with Crippen LogP contribution in [0.25, 0.3) is 0 Å². The first-order valence-corrected chi connectivity index (χ1v) is 12.4. The molecule has 0 saturated carbocycles. The minimum atomic E-state index is -0.0656. The van der Waals surface area contributed by atoms with Crippen LogP contribution < -0.4 is 14.4 Å². The van der Waals surface area contributed by atoms with Gasteiger partial charge in [0.15, 0.2) is 11.5 Å². The predicted molar refractivity (Wildman–Crippen MR) is 142 cm³/mol. The lowest BCUT2D eigenvalue weighted by atomic mass is 10.1. The zero-order chi connectivity index (χ0) is 25.2. The summed E-state index contributed by atoms with van der Waals surface area (Å²) in [5.74, 6) is 1.32. The van der Waals surface area contributed by atoms with E-state index in [2.05, 4.69) is 4.90 Å². The molecule has 7 heteroatoms. The number of anilines is 2. The van der Waals surface area contributed by atoms with E-state index >= 15 is 0 Å². The number of carbonyl (C=O) groups is 1. The molecule has 1 aliphatic heterocycles. The van der Waals surface area contributed by atoms with Crippen LogP contribution in [0.5, 0.6) is 11.5 Å². The molecule has 190 valence electrons. The Labute approximate surface area is 213 Å². The van der Waals surface area contributed by atoms with Crippen LogP contribution >= 0.6 is 0 Å². The highest BCUT2D eigenvalue weighted by Gasteiger charge is 2.25. The number of para-hydroxylation sites is 2. The van der Waals surface area contributed by atoms with Gasteiger partial charge >= 0.3 is 6.03 Å². The number of urea groups is 1. The first-order chi connectivity index (χ1) is 17.7. The molecule has 0 radical (unpaired) electrons. The van der Waals surface area contributed by atoms with Crippen molar-refractivity contribution in [1.29, 1.82) is 0 Å². The van der Waals surface area contributed by atoms with E-state index in [1.165, 1.54) is 0 Å². The standard InChI is InChI=1S/C29H35N3O4/c1-34-27-15-14-24(22-28(27)35-2)23-31(17-9-16-30-18-20-36-21-19-30)29(33)32(25-10-5-3-6-11-25)26-12-7-4-8-13-26/h3-8,10-15,22H,9,16-21,23H2,1-2H3. The van der Waals surface area contributed by atoms with Crippen LogP contribution in [-0.2, 0) is 11.3 Å². The van der Waals surface area contributed by atoms with Crippen LogP contribution in [-0.4, -0.2) is 69.4 Å². The number of nitrogens with zero attached hydrogens (tertiary/aromatic N) is 3. The van der Waals surface area contributed by atoms with Gasteiger partial charge in [-0.05, 0) is 48.4 Å². The van der Waals surface area contributed by atoms with Gasteiger partial charge in [0, 0.05) is 32.7 Å². The number of carbonyl (C=O) groups excluding carboxylic acids is 1. The fourth-order valence-corrected chi connectivity index (χ4v) is 4.42. The highest BCUT2D eigenvalue weighted by Crippen LogP contribution is 2.30. The highest BCUT2D eigenvalue weighted by atomic mass is 16.5. The average Bonchev–Trinajstić information content (AvgIpc) is 2.94. The number of morpholine rings is 1. The van der Waals surface area contributed by atoms with Crippen LogP contribution in [0, 0.1) is 0 Å². The molecule has 0 unspecified atom stereocenters. The smallest absolute Gasteiger partial charge is 0.329 e. The Balaban J connectivity index is 1.60. The van der Waals surface area contributed by atoms with E-state index in [9.17, 15) is 4.79 Å². The van der Waals surface area contributed by atoms with Crippen molar-refractivity contribution < 1.29 is 19.0 Å². The third-order valence-electron chi connectivity index (χ3n) is 6.32. The molecule has 36 heavy (non-hydrogen) atoms. The summed E-state index contributed by atoms with van der Waals surface area (Å²) in [4.78, 5) is 20.3. The molecule has 1 heterocycles. The number of amides is 2. The maximum atomic E-state index is 14.2. The Kier molecular flexibility index (Phi) is 9.19. The fourth-order valence-electron chi connectivity index (χ4n) is 4.42. The summed E-state index contributed by atoms with van der Waals surface area (Å²) in [6.45, 7) is 5.41. The Morgan fingerprint density at radius 1 is 0.861 bits per heavy atom. The lowest BCUT2D eigenvalue weighted by Gasteiger charge is -2.32. The molecule has 3 aromatic rings. The average molecular weight is 490 g/mol. The second-order valence-corrected chi connectivity index (χ2v) is 8.71. The zero-order valence-corrected chi connectivity index (χ0v) is 21.1. The second-order valence-electron chi connectivity index (χ2n) is 8.71. The molecule has 3 aromatic carbocycles. The van der Waals surface area contributed by atoms with Gasteiger partial charge in [-0.3, -0.25) is 9.80 Å². The molecule has 0 aromatic heterocycles. The predicted octanol–water partition coefficient (Wildman–Crippen LogP) is 5.19. The monoisotopic (exact) mass is 489 g/mol. The quantitative estimate of drug-likeness (QED) is 0.393. The zero-order valence-electron chi connectivity index (χ0n) is 21.1. The van der Waals surface area contributed by atoms with Gasteiger partial charge in [0.2, 0.25) is 0 Å². The summed E-state index contributed by atoms with van der Waals surface area (Å²) < 4.78 is 16.4. The summed E-state index contributed by atoms with van der Waals surface area (Å²) in [5, 5.41) is 0. The van der Waals surface area contributed by atoms with Crippen LogP contribution in [0.1, 0.15) is 12.0 Å². The lowest BCUT2D eigenvalue weighted by Crippen LogP contribution is -2.43. The van der Waals surface area contributed by atoms with E-state index in [0.29, 0.717) is 24.6 Å². The Morgan fingerprint density at radius 3 is 2.06 bits per heavy atom. The van der Waals surface area contributed by atoms with Gasteiger partial charge in [-0.15, -0.1) is 0 Å². The van der Waals surface area contributed by atoms with Gasteiger partial charge in [-0.1, -0.05) is 42.5 Å². The largest absolute Gasteiger partial charge is 0.493 e. The summed E-state index contributed by atoms with van der Waals surface area (Å²) in [5.41, 5.74) is 2.65. The van der Waals surface area contributed by atoms with E-state index in [0.717, 1.165) is 56.2 Å². The lowest BCUT2D eigenvalue weighted by molar-refractivity contribution is 0.0365. The Bertz CT molecular complexity index is 1050. The minimum absolute atomic E-state index is 0.0656. The van der Waals surface area contributed by atoms with Gasteiger partial charge in [-0.25, -0.2) is 4.79 Å². The number of rotatable bonds is 10. The van der Waals surface area contributed by atoms with E-state index in [1.54, 1.807) is 19.1 Å². The van der Waals surface area contributed by atoms with Crippen LogP contribution in [0.3, 0.4) is 0 Å². The summed E-state index contributed by atoms with van der Waals surface area (Å²) in [6, 6.07) is 25.3. The fraction of sp³-hybridized carbons (Fsp3) is 0.345. The van der Waals surface area contributed by atoms with Gasteiger partial charge in [0.1, 0.15) is 0 Å². The molecule has 4 rings (SSSR count). The molecule has 0 N–H and O–H groups in total. The van der Waals surface area contributed by atoms with Crippen molar-refractivity contribution in [2.45, 2.75) is 13.0 Å². The van der Waals surface area contributed by atoms with Crippen molar-refractivity contribution in [2.24, 2.45) is 0 Å². The van der Waals surface area contributed by atoms with Crippen molar-refractivity contribution in [3.8, 4) is 11.5 Å². The molecular formula is C29H35N3O4. The number of benzene rings is 3. The van der Waals surface area contributed by atoms with Gasteiger partial charge in [0.25, 0.3) is 0 Å². The molecule has 0 bridgehead atoms. The van der Waals surface area contributed by atoms with E-state index in [1.807, 2.05) is 83.8 Å². The van der Waals surface area contributed by atoms with Gasteiger partial charge < -0.3 is 19.1 Å². The second kappa shape index (κ2) is 13.0. The molecule has 2 amide bonds. The molecule has 0 aliphatic carbocycles. The Morgan fingerprint density at radius 2 is 1.47 bits per heavy atom. The number of methoxy groups -OCH3 is 2. The van der Waals surface area contributed by atoms with E-state index < -0.39 is 0 Å². The molecule has 1 aliphatic rings. The number of hydrogen-bond donors (Lipinski definition) is 0. The van der Waals surface area contributed by atoms with Gasteiger partial charge in [0.05, 0.1) is 38.8 Å². The third-order valence-corrected chi connectivity index (χ3v) is 6.32. The normalized spacial score (nSPS) is 13.7. The molecule has 1 fully saturated rings. The highest BCUT2D eigenvalue weighted by molar-refractivity contribution is 5.99. The summed E-state index contributed by atoms with van der Waals surface area (Å²) in [7, 11) is 3.25. The topological polar surface area (TPSA) is 54.5 Å². The van der Waals surface area contributed by atoms with Gasteiger partial charge in [-0.2, -0.15) is 0 Å². The summed E-state index contributed by atoms with van der Waals surface area (Å²) >= 11 is 0. The minimum Gasteiger partial charge on any atom is -0.493 e. The molecule has 7 nitrogen and oxygen atoms in total. The number of hydrogen-bond acceptors (Lipinski definition) is 5. The van der Waals surface area contributed by atoms with E-state index in [4.69, 9.17) is 14.2 Å². The number of ether oxygens (including phenoxy) is 3. The third kappa shape index (κ3) is 6.56. The van der Waals surface area contributed by atoms with Crippen LogP contribution in [0.15, 0.2) is 78.9 Å². The van der Waals surface area contributed by atoms with E-state index in [-0.39, 0.29) is 6.03 Å². The maximum absolute atomic E-state index is 14.2. The molecule has 0 atom stereocenters. The molecular weight excluding hydrogens is 454 g/mol. The van der Waals surface area contributed by atoms with Crippen molar-refractivity contribution in [3.63, 3.8) is 0 Å². The summed E-state index contributed by atoms with van der Waals surface area (Å²) in [6.07, 6.45) is 0.871. The van der Waals surface area contributed by atoms with Crippen molar-refractivity contribution in [1.82, 2.24) is 9.80 Å². The van der Waals surface area contributed by atoms with Crippen molar-refractivity contribution >= 4 is 17.4 Å². The molecule has 1 saturated heterocycles. The first kappa shape index (κ1) is 25.5. The SMILES string of the molecule is COc1ccc(CN(CCCN2CCOCC2)C(=O)N(c2ccccc2)c2ccccc2)cc1OC. The molecule has 0 spiro atoms. The Hall–Kier alpha value is -3.55. The maximum Gasteiger partial charge on any atom is 0.329 e. The van der Waals surface area contributed by atoms with Crippen LogP contribution in [0.2, 0.25) is 0 Å². The van der Waals surface area contributed by atoms with Crippen LogP contribution in [0.4, 0.5) is 16.2 Å².